The molecule has 1 amide bonds. The molecule has 152 valence electrons. The van der Waals surface area contributed by atoms with Gasteiger partial charge >= 0.3 is 0 Å². The van der Waals surface area contributed by atoms with E-state index in [-0.39, 0.29) is 12.5 Å². The summed E-state index contributed by atoms with van der Waals surface area (Å²) in [7, 11) is -3.64. The van der Waals surface area contributed by atoms with Crippen LogP contribution in [-0.2, 0) is 21.2 Å². The highest BCUT2D eigenvalue weighted by Crippen LogP contribution is 2.42. The zero-order valence-electron chi connectivity index (χ0n) is 16.1. The van der Waals surface area contributed by atoms with Crippen LogP contribution in [0.5, 0.6) is 5.75 Å². The van der Waals surface area contributed by atoms with Crippen molar-refractivity contribution in [3.8, 4) is 5.75 Å². The predicted molar refractivity (Wildman–Crippen MR) is 110 cm³/mol. The highest BCUT2D eigenvalue weighted by atomic mass is 32.2. The number of sulfonamides is 1. The van der Waals surface area contributed by atoms with Crippen LogP contribution >= 0.6 is 0 Å². The first-order chi connectivity index (χ1) is 14.1. The second kappa shape index (κ2) is 7.03. The van der Waals surface area contributed by atoms with E-state index in [1.54, 1.807) is 21.3 Å². The number of amides is 1. The number of carbonyl (C=O) groups is 1. The molecule has 0 atom stereocenters. The van der Waals surface area contributed by atoms with Gasteiger partial charge in [-0.3, -0.25) is 4.79 Å². The smallest absolute Gasteiger partial charge is 0.265 e. The Morgan fingerprint density at radius 2 is 1.66 bits per heavy atom. The van der Waals surface area contributed by atoms with Gasteiger partial charge in [-0.25, -0.2) is 8.42 Å². The van der Waals surface area contributed by atoms with Crippen LogP contribution < -0.4 is 14.5 Å². The minimum absolute atomic E-state index is 0.0139. The zero-order chi connectivity index (χ0) is 20.0. The topological polar surface area (TPSA) is 70.2 Å². The molecule has 5 rings (SSSR count). The van der Waals surface area contributed by atoms with E-state index < -0.39 is 10.0 Å². The third-order valence-electron chi connectivity index (χ3n) is 5.91. The molecule has 7 nitrogen and oxygen atoms in total. The lowest BCUT2D eigenvalue weighted by Gasteiger charge is -2.38. The fourth-order valence-electron chi connectivity index (χ4n) is 4.45. The van der Waals surface area contributed by atoms with Crippen LogP contribution in [0.4, 0.5) is 11.4 Å². The molecule has 0 aliphatic carbocycles. The molecule has 2 aromatic rings. The molecule has 29 heavy (non-hydrogen) atoms. The molecule has 3 aliphatic rings. The van der Waals surface area contributed by atoms with Gasteiger partial charge in [0.05, 0.1) is 10.6 Å². The first-order valence-corrected chi connectivity index (χ1v) is 11.4. The van der Waals surface area contributed by atoms with Gasteiger partial charge in [-0.2, -0.15) is 4.31 Å². The van der Waals surface area contributed by atoms with Crippen molar-refractivity contribution in [3.05, 3.63) is 48.0 Å². The van der Waals surface area contributed by atoms with E-state index >= 15 is 0 Å². The fraction of sp³-hybridized carbons (Fsp3) is 0.381. The summed E-state index contributed by atoms with van der Waals surface area (Å²) in [5.74, 6) is 0.497. The number of hydrogen-bond acceptors (Lipinski definition) is 5. The van der Waals surface area contributed by atoms with Gasteiger partial charge in [-0.15, -0.1) is 0 Å². The Labute approximate surface area is 170 Å². The van der Waals surface area contributed by atoms with Crippen molar-refractivity contribution in [1.82, 2.24) is 4.31 Å². The maximum Gasteiger partial charge on any atom is 0.265 e. The van der Waals surface area contributed by atoms with Gasteiger partial charge in [0.15, 0.2) is 6.61 Å². The van der Waals surface area contributed by atoms with Crippen molar-refractivity contribution in [1.29, 1.82) is 0 Å². The average molecular weight is 413 g/mol. The van der Waals surface area contributed by atoms with Crippen LogP contribution in [0.15, 0.2) is 47.4 Å². The summed E-state index contributed by atoms with van der Waals surface area (Å²) < 4.78 is 34.1. The third kappa shape index (κ3) is 3.07. The maximum atomic E-state index is 13.5. The molecule has 3 aliphatic heterocycles. The Morgan fingerprint density at radius 1 is 0.897 bits per heavy atom. The number of hydrogen-bond donors (Lipinski definition) is 0. The van der Waals surface area contributed by atoms with Crippen molar-refractivity contribution in [3.63, 3.8) is 0 Å². The highest BCUT2D eigenvalue weighted by molar-refractivity contribution is 7.89. The summed E-state index contributed by atoms with van der Waals surface area (Å²) in [5, 5.41) is 0. The van der Waals surface area contributed by atoms with Crippen LogP contribution in [0.25, 0.3) is 0 Å². The maximum absolute atomic E-state index is 13.5. The number of carbonyl (C=O) groups excluding carboxylic acids is 1. The van der Waals surface area contributed by atoms with Crippen LogP contribution in [0, 0.1) is 0 Å². The lowest BCUT2D eigenvalue weighted by atomic mass is 10.00. The normalized spacial score (nSPS) is 19.7. The second-order valence-corrected chi connectivity index (χ2v) is 9.46. The van der Waals surface area contributed by atoms with Crippen molar-refractivity contribution < 1.29 is 17.9 Å². The van der Waals surface area contributed by atoms with Crippen LogP contribution in [0.2, 0.25) is 0 Å². The molecule has 0 spiro atoms. The van der Waals surface area contributed by atoms with Gasteiger partial charge in [-0.05, 0) is 42.7 Å². The molecule has 0 bridgehead atoms. The number of para-hydroxylation sites is 1. The average Bonchev–Trinajstić information content (AvgIpc) is 2.77. The molecular formula is C21H23N3O4S. The minimum Gasteiger partial charge on any atom is -0.482 e. The fourth-order valence-corrected chi connectivity index (χ4v) is 6.12. The molecule has 1 saturated heterocycles. The number of nitrogens with zero attached hydrogens (tertiary/aromatic N) is 3. The Balaban J connectivity index is 1.44. The van der Waals surface area contributed by atoms with Crippen molar-refractivity contribution in [2.45, 2.75) is 17.7 Å². The highest BCUT2D eigenvalue weighted by Gasteiger charge is 2.37. The summed E-state index contributed by atoms with van der Waals surface area (Å²) >= 11 is 0. The van der Waals surface area contributed by atoms with Crippen LogP contribution in [-0.4, -0.2) is 58.0 Å². The summed E-state index contributed by atoms with van der Waals surface area (Å²) in [5.41, 5.74) is 2.48. The number of benzene rings is 2. The summed E-state index contributed by atoms with van der Waals surface area (Å²) in [6, 6.07) is 13.4. The van der Waals surface area contributed by atoms with Gasteiger partial charge < -0.3 is 14.5 Å². The van der Waals surface area contributed by atoms with Gasteiger partial charge in [0.25, 0.3) is 5.91 Å². The molecular weight excluding hydrogens is 390 g/mol. The first-order valence-electron chi connectivity index (χ1n) is 9.95. The van der Waals surface area contributed by atoms with Crippen LogP contribution in [0.1, 0.15) is 12.0 Å². The van der Waals surface area contributed by atoms with Crippen molar-refractivity contribution in [2.24, 2.45) is 0 Å². The predicted octanol–water partition coefficient (Wildman–Crippen LogP) is 1.87. The summed E-state index contributed by atoms with van der Waals surface area (Å²) in [6.45, 7) is 2.80. The van der Waals surface area contributed by atoms with E-state index in [0.29, 0.717) is 61.0 Å². The SMILES string of the molecule is O=C1COc2ccc(S(=O)(=O)N3CCN(c4ccccc4)CC3)c3c2N1CCC3. The van der Waals surface area contributed by atoms with Gasteiger partial charge in [0.2, 0.25) is 10.0 Å². The van der Waals surface area contributed by atoms with E-state index in [9.17, 15) is 13.2 Å². The number of ether oxygens (including phenoxy) is 1. The molecule has 3 heterocycles. The van der Waals surface area contributed by atoms with E-state index in [4.69, 9.17) is 4.74 Å². The quantitative estimate of drug-likeness (QED) is 0.768. The molecule has 1 fully saturated rings. The second-order valence-electron chi connectivity index (χ2n) is 7.55. The Bertz CT molecular complexity index is 1050. The molecule has 0 saturated carbocycles. The first kappa shape index (κ1) is 18.4. The van der Waals surface area contributed by atoms with E-state index in [0.717, 1.165) is 12.1 Å². The lowest BCUT2D eigenvalue weighted by molar-refractivity contribution is -0.121. The van der Waals surface area contributed by atoms with E-state index in [2.05, 4.69) is 4.90 Å². The third-order valence-corrected chi connectivity index (χ3v) is 7.89. The largest absolute Gasteiger partial charge is 0.482 e. The van der Waals surface area contributed by atoms with Gasteiger partial charge in [-0.1, -0.05) is 18.2 Å². The van der Waals surface area contributed by atoms with E-state index in [1.807, 2.05) is 30.3 Å². The Morgan fingerprint density at radius 3 is 2.41 bits per heavy atom. The summed E-state index contributed by atoms with van der Waals surface area (Å²) in [6.07, 6.45) is 1.39. The Kier molecular flexibility index (Phi) is 4.48. The molecule has 2 aromatic carbocycles. The lowest BCUT2D eigenvalue weighted by Crippen LogP contribution is -2.49. The van der Waals surface area contributed by atoms with Gasteiger partial charge in [0, 0.05) is 38.4 Å². The van der Waals surface area contributed by atoms with Crippen molar-refractivity contribution >= 4 is 27.3 Å². The monoisotopic (exact) mass is 413 g/mol. The van der Waals surface area contributed by atoms with Gasteiger partial charge in [0.1, 0.15) is 5.75 Å². The Hall–Kier alpha value is -2.58. The summed E-state index contributed by atoms with van der Waals surface area (Å²) in [4.78, 5) is 16.4. The molecule has 0 N–H and O–H groups in total. The molecule has 0 unspecified atom stereocenters. The number of rotatable bonds is 3. The number of anilines is 2. The number of piperazine rings is 1. The minimum atomic E-state index is -3.64. The van der Waals surface area contributed by atoms with Crippen LogP contribution in [0.3, 0.4) is 0 Å². The standard InChI is InChI=1S/C21H23N3O4S/c25-20-15-28-18-8-9-19(17-7-4-10-24(20)21(17)18)29(26,27)23-13-11-22(12-14-23)16-5-2-1-3-6-16/h1-3,5-6,8-9H,4,7,10-15H2. The van der Waals surface area contributed by atoms with Crippen molar-refractivity contribution in [2.75, 3.05) is 49.1 Å². The van der Waals surface area contributed by atoms with E-state index in [1.165, 1.54) is 0 Å². The molecule has 0 aromatic heterocycles. The molecule has 8 heteroatoms. The zero-order valence-corrected chi connectivity index (χ0v) is 16.9. The molecule has 0 radical (unpaired) electrons.